The average molecular weight is 651 g/mol. The van der Waals surface area contributed by atoms with Crippen molar-refractivity contribution in [1.82, 2.24) is 4.57 Å². The van der Waals surface area contributed by atoms with Gasteiger partial charge in [-0.25, -0.2) is 0 Å². The summed E-state index contributed by atoms with van der Waals surface area (Å²) in [6.07, 6.45) is 0. The number of hydrogen-bond acceptors (Lipinski definition) is 2. The van der Waals surface area contributed by atoms with E-state index >= 15 is 0 Å². The number of fused-ring (bicyclic) bond motifs is 11. The zero-order valence-electron chi connectivity index (χ0n) is 27.6. The maximum atomic E-state index is 6.74. The van der Waals surface area contributed by atoms with Crippen LogP contribution in [0.3, 0.4) is 0 Å². The summed E-state index contributed by atoms with van der Waals surface area (Å²) in [5, 5.41) is 12.1. The van der Waals surface area contributed by atoms with Gasteiger partial charge in [0.2, 0.25) is 0 Å². The molecule has 0 amide bonds. The molecule has 2 heterocycles. The second-order valence-corrected chi connectivity index (χ2v) is 13.3. The van der Waals surface area contributed by atoms with Crippen molar-refractivity contribution in [3.05, 3.63) is 182 Å². The van der Waals surface area contributed by atoms with Crippen LogP contribution in [0.4, 0.5) is 17.1 Å². The van der Waals surface area contributed by atoms with E-state index in [9.17, 15) is 0 Å². The first-order chi connectivity index (χ1) is 25.3. The largest absolute Gasteiger partial charge is 0.454 e. The molecular formula is C48H30N2O. The number of benzene rings is 9. The number of hydrogen-bond donors (Lipinski definition) is 0. The van der Waals surface area contributed by atoms with E-state index in [0.717, 1.165) is 50.2 Å². The second-order valence-electron chi connectivity index (χ2n) is 13.3. The third-order valence-corrected chi connectivity index (χ3v) is 10.5. The van der Waals surface area contributed by atoms with E-state index in [1.165, 1.54) is 48.6 Å². The Hall–Kier alpha value is -6.84. The normalized spacial score (nSPS) is 11.9. The van der Waals surface area contributed by atoms with E-state index < -0.39 is 0 Å². The molecule has 0 N–H and O–H groups in total. The van der Waals surface area contributed by atoms with E-state index in [1.807, 2.05) is 6.07 Å². The highest BCUT2D eigenvalue weighted by Crippen LogP contribution is 2.47. The van der Waals surface area contributed by atoms with Gasteiger partial charge in [-0.3, -0.25) is 0 Å². The van der Waals surface area contributed by atoms with Gasteiger partial charge in [0.05, 0.1) is 22.4 Å². The van der Waals surface area contributed by atoms with Gasteiger partial charge in [-0.05, 0) is 80.8 Å². The van der Waals surface area contributed by atoms with Gasteiger partial charge in [-0.1, -0.05) is 133 Å². The van der Waals surface area contributed by atoms with Gasteiger partial charge in [-0.15, -0.1) is 0 Å². The molecule has 0 aliphatic carbocycles. The number of rotatable bonds is 4. The summed E-state index contributed by atoms with van der Waals surface area (Å²) in [4.78, 5) is 2.40. The Kier molecular flexibility index (Phi) is 5.96. The van der Waals surface area contributed by atoms with Crippen molar-refractivity contribution in [2.75, 3.05) is 4.90 Å². The molecule has 0 aliphatic heterocycles. The molecule has 0 atom stereocenters. The SMILES string of the molecule is c1ccc(-n2c3ccccc3c3cccc(N(c4ccc5c(ccc6ccc7ccccc7c65)c4)c4cccc5c4oc4ccccc45)c32)cc1. The van der Waals surface area contributed by atoms with Crippen LogP contribution < -0.4 is 4.90 Å². The monoisotopic (exact) mass is 650 g/mol. The summed E-state index contributed by atoms with van der Waals surface area (Å²) in [6, 6.07) is 65.5. The van der Waals surface area contributed by atoms with Gasteiger partial charge in [0.1, 0.15) is 5.58 Å². The minimum Gasteiger partial charge on any atom is -0.454 e. The van der Waals surface area contributed by atoms with Crippen molar-refractivity contribution in [1.29, 1.82) is 0 Å². The Bertz CT molecular complexity index is 3150. The van der Waals surface area contributed by atoms with Crippen LogP contribution in [0.15, 0.2) is 186 Å². The first kappa shape index (κ1) is 28.0. The molecule has 3 nitrogen and oxygen atoms in total. The molecule has 0 radical (unpaired) electrons. The highest BCUT2D eigenvalue weighted by molar-refractivity contribution is 6.21. The molecule has 11 aromatic rings. The lowest BCUT2D eigenvalue weighted by atomic mass is 9.96. The molecule has 51 heavy (non-hydrogen) atoms. The van der Waals surface area contributed by atoms with Crippen molar-refractivity contribution in [2.24, 2.45) is 0 Å². The van der Waals surface area contributed by atoms with Crippen LogP contribution in [-0.4, -0.2) is 4.57 Å². The van der Waals surface area contributed by atoms with Crippen LogP contribution in [0.25, 0.3) is 81.7 Å². The first-order valence-electron chi connectivity index (χ1n) is 17.4. The van der Waals surface area contributed by atoms with Crippen LogP contribution in [0.2, 0.25) is 0 Å². The predicted octanol–water partition coefficient (Wildman–Crippen LogP) is 13.6. The summed E-state index contributed by atoms with van der Waals surface area (Å²) in [5.41, 5.74) is 8.31. The quantitative estimate of drug-likeness (QED) is 0.177. The molecule has 0 bridgehead atoms. The van der Waals surface area contributed by atoms with Crippen molar-refractivity contribution in [3.63, 3.8) is 0 Å². The minimum absolute atomic E-state index is 0.864. The zero-order valence-corrected chi connectivity index (χ0v) is 27.6. The third kappa shape index (κ3) is 4.12. The Labute approximate surface area is 293 Å². The minimum atomic E-state index is 0.864. The molecule has 0 spiro atoms. The standard InChI is InChI=1S/C48H30N2O/c1-2-13-34(14-3-1)50-42-20-8-6-16-38(42)40-18-10-21-43(47(40)50)49(44-22-11-19-41-39-17-7-9-23-45(39)51-48(41)44)35-28-29-37-33(30-35)27-26-32-25-24-31-12-4-5-15-36(31)46(32)37/h1-30H. The van der Waals surface area contributed by atoms with E-state index in [-0.39, 0.29) is 0 Å². The molecule has 9 aromatic carbocycles. The molecule has 2 aromatic heterocycles. The summed E-state index contributed by atoms with van der Waals surface area (Å²) < 4.78 is 9.15. The van der Waals surface area contributed by atoms with Gasteiger partial charge in [0, 0.05) is 32.9 Å². The van der Waals surface area contributed by atoms with Crippen molar-refractivity contribution >= 4 is 93.1 Å². The fourth-order valence-corrected chi connectivity index (χ4v) is 8.30. The molecule has 0 fully saturated rings. The van der Waals surface area contributed by atoms with Crippen LogP contribution in [0.5, 0.6) is 0 Å². The maximum Gasteiger partial charge on any atom is 0.159 e. The zero-order chi connectivity index (χ0) is 33.5. The van der Waals surface area contributed by atoms with Crippen molar-refractivity contribution in [3.8, 4) is 5.69 Å². The van der Waals surface area contributed by atoms with Crippen LogP contribution in [0.1, 0.15) is 0 Å². The Morgan fingerprint density at radius 1 is 0.412 bits per heavy atom. The molecule has 0 saturated carbocycles. The molecule has 0 saturated heterocycles. The third-order valence-electron chi connectivity index (χ3n) is 10.5. The average Bonchev–Trinajstić information content (AvgIpc) is 3.75. The number of furan rings is 1. The number of para-hydroxylation sites is 5. The lowest BCUT2D eigenvalue weighted by molar-refractivity contribution is 0.669. The number of nitrogens with zero attached hydrogens (tertiary/aromatic N) is 2. The van der Waals surface area contributed by atoms with Gasteiger partial charge in [0.15, 0.2) is 5.58 Å². The Balaban J connectivity index is 1.26. The summed E-state index contributed by atoms with van der Waals surface area (Å²) in [7, 11) is 0. The number of aromatic nitrogens is 1. The Morgan fingerprint density at radius 3 is 1.94 bits per heavy atom. The fourth-order valence-electron chi connectivity index (χ4n) is 8.30. The molecule has 238 valence electrons. The molecule has 0 aliphatic rings. The fraction of sp³-hybridized carbons (Fsp3) is 0. The topological polar surface area (TPSA) is 21.3 Å². The lowest BCUT2D eigenvalue weighted by Gasteiger charge is -2.27. The highest BCUT2D eigenvalue weighted by Gasteiger charge is 2.24. The van der Waals surface area contributed by atoms with Crippen molar-refractivity contribution < 1.29 is 4.42 Å². The van der Waals surface area contributed by atoms with Crippen molar-refractivity contribution in [2.45, 2.75) is 0 Å². The molecule has 0 unspecified atom stereocenters. The van der Waals surface area contributed by atoms with Gasteiger partial charge in [0.25, 0.3) is 0 Å². The van der Waals surface area contributed by atoms with Gasteiger partial charge in [-0.2, -0.15) is 0 Å². The van der Waals surface area contributed by atoms with Gasteiger partial charge < -0.3 is 13.9 Å². The maximum absolute atomic E-state index is 6.74. The summed E-state index contributed by atoms with van der Waals surface area (Å²) in [6.45, 7) is 0. The predicted molar refractivity (Wildman–Crippen MR) is 215 cm³/mol. The van der Waals surface area contributed by atoms with E-state index in [1.54, 1.807) is 0 Å². The highest BCUT2D eigenvalue weighted by atomic mass is 16.3. The molecule has 11 rings (SSSR count). The van der Waals surface area contributed by atoms with Crippen LogP contribution in [0, 0.1) is 0 Å². The van der Waals surface area contributed by atoms with Crippen LogP contribution in [-0.2, 0) is 0 Å². The first-order valence-corrected chi connectivity index (χ1v) is 17.4. The molecule has 3 heteroatoms. The van der Waals surface area contributed by atoms with Crippen LogP contribution >= 0.6 is 0 Å². The van der Waals surface area contributed by atoms with E-state index in [0.29, 0.717) is 0 Å². The van der Waals surface area contributed by atoms with E-state index in [4.69, 9.17) is 4.42 Å². The van der Waals surface area contributed by atoms with E-state index in [2.05, 4.69) is 185 Å². The van der Waals surface area contributed by atoms with Gasteiger partial charge >= 0.3 is 0 Å². The molecular weight excluding hydrogens is 621 g/mol. The summed E-state index contributed by atoms with van der Waals surface area (Å²) >= 11 is 0. The summed E-state index contributed by atoms with van der Waals surface area (Å²) in [5.74, 6) is 0. The Morgan fingerprint density at radius 2 is 1.06 bits per heavy atom. The smallest absolute Gasteiger partial charge is 0.159 e. The lowest BCUT2D eigenvalue weighted by Crippen LogP contribution is -2.12. The number of anilines is 3. The second kappa shape index (κ2) is 10.8.